The smallest absolute Gasteiger partial charge is 0.220 e. The van der Waals surface area contributed by atoms with E-state index in [0.29, 0.717) is 18.9 Å². The van der Waals surface area contributed by atoms with Crippen LogP contribution in [0, 0.1) is 17.8 Å². The van der Waals surface area contributed by atoms with E-state index in [0.717, 1.165) is 9.75 Å². The van der Waals surface area contributed by atoms with Crippen molar-refractivity contribution in [2.24, 2.45) is 5.92 Å². The van der Waals surface area contributed by atoms with E-state index in [4.69, 9.17) is 5.11 Å². The van der Waals surface area contributed by atoms with Gasteiger partial charge in [0.1, 0.15) is 6.61 Å². The number of hydrogen-bond acceptors (Lipinski definition) is 3. The van der Waals surface area contributed by atoms with Gasteiger partial charge in [0.15, 0.2) is 0 Å². The van der Waals surface area contributed by atoms with Crippen molar-refractivity contribution >= 4 is 17.2 Å². The van der Waals surface area contributed by atoms with Gasteiger partial charge in [-0.05, 0) is 18.1 Å². The molecule has 1 rings (SSSR count). The van der Waals surface area contributed by atoms with Gasteiger partial charge in [0.05, 0.1) is 11.4 Å². The first-order valence-electron chi connectivity index (χ1n) is 5.57. The molecule has 1 heterocycles. The SMILES string of the molecule is CC(C)CC(=O)NCc1ccc(C#CCO)s1. The molecule has 92 valence electrons. The van der Waals surface area contributed by atoms with Gasteiger partial charge >= 0.3 is 0 Å². The molecule has 1 aromatic heterocycles. The second-order valence-corrected chi connectivity index (χ2v) is 5.27. The van der Waals surface area contributed by atoms with Crippen molar-refractivity contribution < 1.29 is 9.90 Å². The molecule has 0 saturated heterocycles. The summed E-state index contributed by atoms with van der Waals surface area (Å²) in [6.07, 6.45) is 0.558. The molecule has 1 amide bonds. The summed E-state index contributed by atoms with van der Waals surface area (Å²) in [4.78, 5) is 13.4. The lowest BCUT2D eigenvalue weighted by Crippen LogP contribution is -2.23. The van der Waals surface area contributed by atoms with Gasteiger partial charge in [0.25, 0.3) is 0 Å². The molecule has 0 aromatic carbocycles. The van der Waals surface area contributed by atoms with E-state index in [1.54, 1.807) is 0 Å². The Kier molecular flexibility index (Phi) is 5.75. The number of amides is 1. The third-order valence-electron chi connectivity index (χ3n) is 2.01. The minimum absolute atomic E-state index is 0.0800. The van der Waals surface area contributed by atoms with E-state index < -0.39 is 0 Å². The Bertz CT molecular complexity index is 426. The Morgan fingerprint density at radius 1 is 1.53 bits per heavy atom. The molecule has 0 saturated carbocycles. The van der Waals surface area contributed by atoms with Gasteiger partial charge in [-0.2, -0.15) is 0 Å². The van der Waals surface area contributed by atoms with Gasteiger partial charge in [-0.15, -0.1) is 11.3 Å². The van der Waals surface area contributed by atoms with Gasteiger partial charge in [0.2, 0.25) is 5.91 Å². The maximum atomic E-state index is 11.4. The zero-order chi connectivity index (χ0) is 12.7. The summed E-state index contributed by atoms with van der Waals surface area (Å²) in [5.74, 6) is 5.90. The van der Waals surface area contributed by atoms with Crippen molar-refractivity contribution in [1.82, 2.24) is 5.32 Å². The number of hydrogen-bond donors (Lipinski definition) is 2. The van der Waals surface area contributed by atoms with Crippen LogP contribution in [0.15, 0.2) is 12.1 Å². The van der Waals surface area contributed by atoms with Crippen molar-refractivity contribution in [3.63, 3.8) is 0 Å². The van der Waals surface area contributed by atoms with Crippen LogP contribution in [0.5, 0.6) is 0 Å². The number of aliphatic hydroxyl groups excluding tert-OH is 1. The monoisotopic (exact) mass is 251 g/mol. The molecule has 0 aliphatic carbocycles. The fourth-order valence-electron chi connectivity index (χ4n) is 1.30. The van der Waals surface area contributed by atoms with Crippen LogP contribution >= 0.6 is 11.3 Å². The first-order chi connectivity index (χ1) is 8.11. The van der Waals surface area contributed by atoms with Crippen molar-refractivity contribution in [2.45, 2.75) is 26.8 Å². The van der Waals surface area contributed by atoms with Crippen LogP contribution in [0.1, 0.15) is 30.0 Å². The molecular formula is C13H17NO2S. The third-order valence-corrected chi connectivity index (χ3v) is 3.01. The highest BCUT2D eigenvalue weighted by Gasteiger charge is 2.05. The van der Waals surface area contributed by atoms with E-state index in [-0.39, 0.29) is 12.5 Å². The zero-order valence-corrected chi connectivity index (χ0v) is 10.9. The first kappa shape index (κ1) is 13.8. The summed E-state index contributed by atoms with van der Waals surface area (Å²) >= 11 is 1.53. The highest BCUT2D eigenvalue weighted by atomic mass is 32.1. The van der Waals surface area contributed by atoms with Gasteiger partial charge in [-0.1, -0.05) is 25.7 Å². The summed E-state index contributed by atoms with van der Waals surface area (Å²) in [5.41, 5.74) is 0. The minimum atomic E-state index is -0.127. The maximum Gasteiger partial charge on any atom is 0.220 e. The third kappa shape index (κ3) is 5.53. The molecule has 0 aliphatic rings. The lowest BCUT2D eigenvalue weighted by molar-refractivity contribution is -0.121. The van der Waals surface area contributed by atoms with E-state index in [1.165, 1.54) is 11.3 Å². The average Bonchev–Trinajstić information content (AvgIpc) is 2.70. The zero-order valence-electron chi connectivity index (χ0n) is 10.1. The van der Waals surface area contributed by atoms with Crippen LogP contribution in [0.25, 0.3) is 0 Å². The van der Waals surface area contributed by atoms with Crippen LogP contribution in [0.3, 0.4) is 0 Å². The van der Waals surface area contributed by atoms with Crippen molar-refractivity contribution in [3.8, 4) is 11.8 Å². The standard InChI is InChI=1S/C13H17NO2S/c1-10(2)8-13(16)14-9-12-6-5-11(17-12)4-3-7-15/h5-6,10,15H,7-9H2,1-2H3,(H,14,16). The summed E-state index contributed by atoms with van der Waals surface area (Å²) in [5, 5.41) is 11.4. The Morgan fingerprint density at radius 2 is 2.29 bits per heavy atom. The molecule has 0 bridgehead atoms. The Balaban J connectivity index is 2.42. The molecule has 4 heteroatoms. The largest absolute Gasteiger partial charge is 0.384 e. The van der Waals surface area contributed by atoms with Crippen LogP contribution in [0.4, 0.5) is 0 Å². The molecule has 0 atom stereocenters. The molecule has 2 N–H and O–H groups in total. The summed E-state index contributed by atoms with van der Waals surface area (Å²) in [6, 6.07) is 3.85. The summed E-state index contributed by atoms with van der Waals surface area (Å²) < 4.78 is 0. The fraction of sp³-hybridized carbons (Fsp3) is 0.462. The second kappa shape index (κ2) is 7.10. The molecule has 0 unspecified atom stereocenters. The van der Waals surface area contributed by atoms with Gasteiger partial charge in [-0.3, -0.25) is 4.79 Å². The van der Waals surface area contributed by atoms with Crippen molar-refractivity contribution in [2.75, 3.05) is 6.61 Å². The second-order valence-electron chi connectivity index (χ2n) is 4.10. The topological polar surface area (TPSA) is 49.3 Å². The minimum Gasteiger partial charge on any atom is -0.384 e. The Labute approximate surface area is 106 Å². The number of carbonyl (C=O) groups excluding carboxylic acids is 1. The van der Waals surface area contributed by atoms with Gasteiger partial charge in [-0.25, -0.2) is 0 Å². The van der Waals surface area contributed by atoms with Crippen LogP contribution in [-0.2, 0) is 11.3 Å². The van der Waals surface area contributed by atoms with Gasteiger partial charge in [0, 0.05) is 11.3 Å². The lowest BCUT2D eigenvalue weighted by Gasteiger charge is -2.05. The lowest BCUT2D eigenvalue weighted by atomic mass is 10.1. The van der Waals surface area contributed by atoms with Gasteiger partial charge < -0.3 is 10.4 Å². The molecule has 0 aliphatic heterocycles. The maximum absolute atomic E-state index is 11.4. The predicted octanol–water partition coefficient (Wildman–Crippen LogP) is 1.75. The van der Waals surface area contributed by atoms with Crippen LogP contribution in [-0.4, -0.2) is 17.6 Å². The molecular weight excluding hydrogens is 234 g/mol. The van der Waals surface area contributed by atoms with E-state index in [9.17, 15) is 4.79 Å². The molecule has 0 radical (unpaired) electrons. The fourth-order valence-corrected chi connectivity index (χ4v) is 2.12. The molecule has 17 heavy (non-hydrogen) atoms. The van der Waals surface area contributed by atoms with Crippen molar-refractivity contribution in [3.05, 3.63) is 21.9 Å². The normalized spacial score (nSPS) is 9.88. The van der Waals surface area contributed by atoms with Crippen LogP contribution in [0.2, 0.25) is 0 Å². The Morgan fingerprint density at radius 3 is 2.94 bits per heavy atom. The highest BCUT2D eigenvalue weighted by Crippen LogP contribution is 2.15. The average molecular weight is 251 g/mol. The highest BCUT2D eigenvalue weighted by molar-refractivity contribution is 7.12. The number of rotatable bonds is 4. The number of nitrogens with one attached hydrogen (secondary N) is 1. The number of aliphatic hydroxyl groups is 1. The van der Waals surface area contributed by atoms with E-state index >= 15 is 0 Å². The molecule has 0 fully saturated rings. The van der Waals surface area contributed by atoms with Crippen molar-refractivity contribution in [1.29, 1.82) is 0 Å². The number of thiophene rings is 1. The summed E-state index contributed by atoms with van der Waals surface area (Å²) in [6.45, 7) is 4.47. The van der Waals surface area contributed by atoms with E-state index in [2.05, 4.69) is 17.2 Å². The predicted molar refractivity (Wildman–Crippen MR) is 69.6 cm³/mol. The molecule has 1 aromatic rings. The quantitative estimate of drug-likeness (QED) is 0.801. The first-order valence-corrected chi connectivity index (χ1v) is 6.38. The summed E-state index contributed by atoms with van der Waals surface area (Å²) in [7, 11) is 0. The van der Waals surface area contributed by atoms with Crippen LogP contribution < -0.4 is 5.32 Å². The molecule has 3 nitrogen and oxygen atoms in total. The van der Waals surface area contributed by atoms with E-state index in [1.807, 2.05) is 26.0 Å². The number of carbonyl (C=O) groups is 1. The Hall–Kier alpha value is -1.31. The molecule has 0 spiro atoms.